The number of nitrogens with zero attached hydrogens (tertiary/aromatic N) is 2. The molecular formula is C11H15N3O3S. The van der Waals surface area contributed by atoms with Gasteiger partial charge in [-0.1, -0.05) is 18.3 Å². The van der Waals surface area contributed by atoms with Gasteiger partial charge in [-0.15, -0.1) is 0 Å². The summed E-state index contributed by atoms with van der Waals surface area (Å²) in [5.74, 6) is 0.150. The van der Waals surface area contributed by atoms with Crippen molar-refractivity contribution in [1.82, 2.24) is 9.88 Å². The zero-order valence-electron chi connectivity index (χ0n) is 10.4. The van der Waals surface area contributed by atoms with E-state index in [1.54, 1.807) is 0 Å². The lowest BCUT2D eigenvalue weighted by atomic mass is 10.1. The Morgan fingerprint density at radius 2 is 2.33 bits per heavy atom. The van der Waals surface area contributed by atoms with Crippen LogP contribution in [0.4, 0.5) is 9.93 Å². The van der Waals surface area contributed by atoms with E-state index >= 15 is 0 Å². The van der Waals surface area contributed by atoms with Crippen LogP contribution in [0.15, 0.2) is 0 Å². The Hall–Kier alpha value is -1.63. The van der Waals surface area contributed by atoms with Crippen LogP contribution < -0.4 is 5.32 Å². The fraction of sp³-hybridized carbons (Fsp3) is 0.545. The van der Waals surface area contributed by atoms with Crippen molar-refractivity contribution in [3.8, 4) is 0 Å². The lowest BCUT2D eigenvalue weighted by molar-refractivity contribution is -0.131. The second kappa shape index (κ2) is 5.34. The number of anilines is 1. The van der Waals surface area contributed by atoms with E-state index in [4.69, 9.17) is 0 Å². The predicted octanol–water partition coefficient (Wildman–Crippen LogP) is 1.62. The molecule has 0 saturated heterocycles. The van der Waals surface area contributed by atoms with Gasteiger partial charge in [0.2, 0.25) is 5.91 Å². The van der Waals surface area contributed by atoms with E-state index in [1.165, 1.54) is 18.4 Å². The molecule has 98 valence electrons. The van der Waals surface area contributed by atoms with Crippen molar-refractivity contribution < 1.29 is 14.3 Å². The highest BCUT2D eigenvalue weighted by Gasteiger charge is 2.23. The topological polar surface area (TPSA) is 71.5 Å². The Labute approximate surface area is 109 Å². The van der Waals surface area contributed by atoms with Crippen LogP contribution >= 0.6 is 11.3 Å². The van der Waals surface area contributed by atoms with Gasteiger partial charge in [0, 0.05) is 24.3 Å². The normalized spacial score (nSPS) is 14.0. The van der Waals surface area contributed by atoms with Crippen LogP contribution in [0.3, 0.4) is 0 Å². The molecule has 0 aromatic carbocycles. The number of carbonyl (C=O) groups excluding carboxylic acids is 2. The van der Waals surface area contributed by atoms with Crippen molar-refractivity contribution in [1.29, 1.82) is 0 Å². The average molecular weight is 269 g/mol. The summed E-state index contributed by atoms with van der Waals surface area (Å²) in [6.07, 6.45) is 0.726. The SMILES string of the molecule is CCC(=O)N1CCc2nc(NC(=O)OC)sc2C1. The molecule has 0 atom stereocenters. The van der Waals surface area contributed by atoms with Crippen molar-refractivity contribution in [3.05, 3.63) is 10.6 Å². The number of carbonyl (C=O) groups is 2. The molecule has 7 heteroatoms. The molecule has 1 N–H and O–H groups in total. The first-order valence-electron chi connectivity index (χ1n) is 5.75. The molecule has 0 unspecified atom stereocenters. The zero-order chi connectivity index (χ0) is 13.1. The van der Waals surface area contributed by atoms with E-state index in [-0.39, 0.29) is 5.91 Å². The van der Waals surface area contributed by atoms with Crippen LogP contribution in [-0.4, -0.2) is 35.5 Å². The molecule has 1 aliphatic heterocycles. The van der Waals surface area contributed by atoms with Crippen molar-refractivity contribution >= 4 is 28.5 Å². The Kier molecular flexibility index (Phi) is 3.81. The van der Waals surface area contributed by atoms with Crippen LogP contribution in [0, 0.1) is 0 Å². The monoisotopic (exact) mass is 269 g/mol. The van der Waals surface area contributed by atoms with Crippen molar-refractivity contribution in [2.75, 3.05) is 19.0 Å². The Bertz CT molecular complexity index is 472. The minimum Gasteiger partial charge on any atom is -0.453 e. The van der Waals surface area contributed by atoms with Gasteiger partial charge in [-0.05, 0) is 0 Å². The van der Waals surface area contributed by atoms with E-state index < -0.39 is 6.09 Å². The van der Waals surface area contributed by atoms with E-state index in [0.29, 0.717) is 24.6 Å². The summed E-state index contributed by atoms with van der Waals surface area (Å²) in [7, 11) is 1.31. The molecule has 0 bridgehead atoms. The summed E-state index contributed by atoms with van der Waals surface area (Å²) in [5, 5.41) is 3.08. The van der Waals surface area contributed by atoms with Crippen LogP contribution in [0.5, 0.6) is 0 Å². The molecule has 0 spiro atoms. The number of amides is 2. The summed E-state index contributed by atoms with van der Waals surface area (Å²) < 4.78 is 4.52. The van der Waals surface area contributed by atoms with Crippen molar-refractivity contribution in [2.45, 2.75) is 26.3 Å². The smallest absolute Gasteiger partial charge is 0.413 e. The molecule has 2 rings (SSSR count). The molecule has 1 aliphatic rings. The number of nitrogens with one attached hydrogen (secondary N) is 1. The Balaban J connectivity index is 2.09. The van der Waals surface area contributed by atoms with Gasteiger partial charge in [0.05, 0.1) is 19.3 Å². The van der Waals surface area contributed by atoms with Gasteiger partial charge in [0.25, 0.3) is 0 Å². The molecule has 0 saturated carbocycles. The minimum atomic E-state index is -0.525. The molecule has 2 amide bonds. The van der Waals surface area contributed by atoms with Crippen LogP contribution in [0.1, 0.15) is 23.9 Å². The summed E-state index contributed by atoms with van der Waals surface area (Å²) in [5.41, 5.74) is 0.964. The molecule has 1 aromatic heterocycles. The largest absolute Gasteiger partial charge is 0.453 e. The van der Waals surface area contributed by atoms with Gasteiger partial charge >= 0.3 is 6.09 Å². The number of hydrogen-bond donors (Lipinski definition) is 1. The molecule has 18 heavy (non-hydrogen) atoms. The standard InChI is InChI=1S/C11H15N3O3S/c1-3-9(15)14-5-4-7-8(6-14)18-10(12-7)13-11(16)17-2/h3-6H2,1-2H3,(H,12,13,16). The number of rotatable bonds is 2. The molecule has 0 fully saturated rings. The molecule has 6 nitrogen and oxygen atoms in total. The van der Waals surface area contributed by atoms with Crippen LogP contribution in [0.2, 0.25) is 0 Å². The highest BCUT2D eigenvalue weighted by molar-refractivity contribution is 7.15. The van der Waals surface area contributed by atoms with Crippen LogP contribution in [-0.2, 0) is 22.5 Å². The lowest BCUT2D eigenvalue weighted by Gasteiger charge is -2.25. The van der Waals surface area contributed by atoms with Crippen molar-refractivity contribution in [2.24, 2.45) is 0 Å². The first kappa shape index (κ1) is 12.8. The van der Waals surface area contributed by atoms with E-state index in [0.717, 1.165) is 17.0 Å². The number of methoxy groups -OCH3 is 1. The molecule has 0 aliphatic carbocycles. The zero-order valence-corrected chi connectivity index (χ0v) is 11.2. The Morgan fingerprint density at radius 3 is 3.00 bits per heavy atom. The van der Waals surface area contributed by atoms with E-state index in [9.17, 15) is 9.59 Å². The van der Waals surface area contributed by atoms with Gasteiger partial charge < -0.3 is 9.64 Å². The first-order chi connectivity index (χ1) is 8.63. The summed E-state index contributed by atoms with van der Waals surface area (Å²) in [6, 6.07) is 0. The number of aromatic nitrogens is 1. The predicted molar refractivity (Wildman–Crippen MR) is 67.6 cm³/mol. The lowest BCUT2D eigenvalue weighted by Crippen LogP contribution is -2.34. The first-order valence-corrected chi connectivity index (χ1v) is 6.57. The van der Waals surface area contributed by atoms with Crippen molar-refractivity contribution in [3.63, 3.8) is 0 Å². The maximum atomic E-state index is 11.6. The third kappa shape index (κ3) is 2.61. The third-order valence-corrected chi connectivity index (χ3v) is 3.78. The minimum absolute atomic E-state index is 0.150. The van der Waals surface area contributed by atoms with E-state index in [2.05, 4.69) is 15.0 Å². The molecule has 2 heterocycles. The third-order valence-electron chi connectivity index (χ3n) is 2.78. The maximum absolute atomic E-state index is 11.6. The van der Waals surface area contributed by atoms with Gasteiger partial charge in [0.15, 0.2) is 5.13 Å². The van der Waals surface area contributed by atoms with Crippen LogP contribution in [0.25, 0.3) is 0 Å². The number of hydrogen-bond acceptors (Lipinski definition) is 5. The van der Waals surface area contributed by atoms with Gasteiger partial charge in [-0.3, -0.25) is 10.1 Å². The molecule has 1 aromatic rings. The average Bonchev–Trinajstić information content (AvgIpc) is 2.78. The second-order valence-corrected chi connectivity index (χ2v) is 5.01. The summed E-state index contributed by atoms with van der Waals surface area (Å²) in [6.45, 7) is 3.14. The Morgan fingerprint density at radius 1 is 1.56 bits per heavy atom. The highest BCUT2D eigenvalue weighted by Crippen LogP contribution is 2.28. The van der Waals surface area contributed by atoms with E-state index in [1.807, 2.05) is 11.8 Å². The fourth-order valence-electron chi connectivity index (χ4n) is 1.82. The second-order valence-electron chi connectivity index (χ2n) is 3.92. The number of thiazole rings is 1. The summed E-state index contributed by atoms with van der Waals surface area (Å²) in [4.78, 5) is 29.9. The highest BCUT2D eigenvalue weighted by atomic mass is 32.1. The number of fused-ring (bicyclic) bond motifs is 1. The quantitative estimate of drug-likeness (QED) is 0.885. The molecular weight excluding hydrogens is 254 g/mol. The van der Waals surface area contributed by atoms with Gasteiger partial charge in [-0.25, -0.2) is 9.78 Å². The van der Waals surface area contributed by atoms with Gasteiger partial charge in [0.1, 0.15) is 0 Å². The molecule has 0 radical (unpaired) electrons. The fourth-order valence-corrected chi connectivity index (χ4v) is 2.83. The maximum Gasteiger partial charge on any atom is 0.413 e. The number of ether oxygens (including phenoxy) is 1. The summed E-state index contributed by atoms with van der Waals surface area (Å²) >= 11 is 1.39. The van der Waals surface area contributed by atoms with Gasteiger partial charge in [-0.2, -0.15) is 0 Å².